The number of esters is 1. The molecule has 2 aliphatic rings. The molecule has 0 atom stereocenters. The zero-order chi connectivity index (χ0) is 23.5. The van der Waals surface area contributed by atoms with Gasteiger partial charge in [-0.25, -0.2) is 13.2 Å². The summed E-state index contributed by atoms with van der Waals surface area (Å²) in [5.74, 6) is -0.844. The van der Waals surface area contributed by atoms with Gasteiger partial charge in [0.2, 0.25) is 15.9 Å². The molecule has 4 rings (SSSR count). The van der Waals surface area contributed by atoms with Crippen LogP contribution in [-0.4, -0.2) is 49.8 Å². The van der Waals surface area contributed by atoms with Gasteiger partial charge in [0, 0.05) is 19.0 Å². The maximum atomic E-state index is 13.2. The lowest BCUT2D eigenvalue weighted by molar-refractivity contribution is -0.155. The Balaban J connectivity index is 1.42. The van der Waals surface area contributed by atoms with Crippen LogP contribution in [0.2, 0.25) is 0 Å². The molecule has 1 saturated carbocycles. The molecule has 0 spiro atoms. The third-order valence-corrected chi connectivity index (χ3v) is 8.81. The van der Waals surface area contributed by atoms with Crippen molar-refractivity contribution >= 4 is 32.7 Å². The van der Waals surface area contributed by atoms with Crippen molar-refractivity contribution in [2.24, 2.45) is 5.92 Å². The van der Waals surface area contributed by atoms with E-state index in [9.17, 15) is 18.0 Å². The fourth-order valence-electron chi connectivity index (χ4n) is 4.98. The summed E-state index contributed by atoms with van der Waals surface area (Å²) in [6.07, 6.45) is 4.83. The smallest absolute Gasteiger partial charge is 0.331 e. The van der Waals surface area contributed by atoms with E-state index in [4.69, 9.17) is 4.74 Å². The van der Waals surface area contributed by atoms with Crippen LogP contribution in [0.4, 0.5) is 0 Å². The molecule has 0 bridgehead atoms. The van der Waals surface area contributed by atoms with Gasteiger partial charge in [0.05, 0.1) is 11.5 Å². The van der Waals surface area contributed by atoms with Crippen LogP contribution in [0.3, 0.4) is 0 Å². The molecule has 2 fully saturated rings. The number of amides is 1. The first-order valence-electron chi connectivity index (χ1n) is 11.8. The minimum absolute atomic E-state index is 0.173. The fraction of sp³-hybridized carbons (Fsp3) is 0.520. The molecule has 1 N–H and O–H groups in total. The highest BCUT2D eigenvalue weighted by molar-refractivity contribution is 7.89. The highest BCUT2D eigenvalue weighted by atomic mass is 32.2. The molecule has 1 amide bonds. The van der Waals surface area contributed by atoms with Gasteiger partial charge >= 0.3 is 5.97 Å². The normalized spacial score (nSPS) is 19.8. The summed E-state index contributed by atoms with van der Waals surface area (Å²) < 4.78 is 33.1. The van der Waals surface area contributed by atoms with Crippen LogP contribution in [0, 0.1) is 5.92 Å². The number of hydrogen-bond donors (Lipinski definition) is 1. The molecule has 0 radical (unpaired) electrons. The lowest BCUT2D eigenvalue weighted by atomic mass is 9.81. The molecule has 8 heteroatoms. The number of carbonyl (C=O) groups excluding carboxylic acids is 2. The lowest BCUT2D eigenvalue weighted by Gasteiger charge is -2.38. The Bertz CT molecular complexity index is 1120. The van der Waals surface area contributed by atoms with Gasteiger partial charge in [0.15, 0.2) is 0 Å². The fourth-order valence-corrected chi connectivity index (χ4v) is 6.48. The van der Waals surface area contributed by atoms with E-state index in [1.54, 1.807) is 19.1 Å². The average Bonchev–Trinajstić information content (AvgIpc) is 2.84. The van der Waals surface area contributed by atoms with Gasteiger partial charge in [-0.3, -0.25) is 4.79 Å². The number of fused-ring (bicyclic) bond motifs is 1. The second kappa shape index (κ2) is 9.81. The first-order valence-corrected chi connectivity index (χ1v) is 13.3. The Morgan fingerprint density at radius 3 is 2.36 bits per heavy atom. The van der Waals surface area contributed by atoms with Gasteiger partial charge in [-0.2, -0.15) is 4.31 Å². The van der Waals surface area contributed by atoms with Gasteiger partial charge in [-0.05, 0) is 55.5 Å². The molecule has 2 aromatic rings. The molecule has 0 aromatic heterocycles. The Labute approximate surface area is 195 Å². The van der Waals surface area contributed by atoms with Crippen molar-refractivity contribution in [2.75, 3.05) is 19.7 Å². The Morgan fingerprint density at radius 2 is 1.70 bits per heavy atom. The van der Waals surface area contributed by atoms with Crippen molar-refractivity contribution < 1.29 is 22.7 Å². The summed E-state index contributed by atoms with van der Waals surface area (Å²) in [6, 6.07) is 12.8. The van der Waals surface area contributed by atoms with E-state index in [1.807, 2.05) is 30.3 Å². The molecule has 1 aliphatic heterocycles. The molecule has 7 nitrogen and oxygen atoms in total. The van der Waals surface area contributed by atoms with Crippen LogP contribution in [0.25, 0.3) is 10.8 Å². The lowest BCUT2D eigenvalue weighted by Crippen LogP contribution is -2.58. The zero-order valence-corrected chi connectivity index (χ0v) is 19.9. The SMILES string of the molecule is CCOC(=O)C1(NC(=O)C2CCN(S(=O)(=O)c3ccc4ccccc4c3)CC2)CCCCC1. The summed E-state index contributed by atoms with van der Waals surface area (Å²) >= 11 is 0. The highest BCUT2D eigenvalue weighted by Crippen LogP contribution is 2.31. The second-order valence-corrected chi connectivity index (χ2v) is 11.0. The van der Waals surface area contributed by atoms with E-state index in [0.717, 1.165) is 30.0 Å². The quantitative estimate of drug-likeness (QED) is 0.648. The maximum absolute atomic E-state index is 13.2. The van der Waals surface area contributed by atoms with Crippen LogP contribution in [0.15, 0.2) is 47.4 Å². The third-order valence-electron chi connectivity index (χ3n) is 6.92. The van der Waals surface area contributed by atoms with Crippen molar-refractivity contribution in [1.82, 2.24) is 9.62 Å². The molecular formula is C25H32N2O5S. The predicted molar refractivity (Wildman–Crippen MR) is 126 cm³/mol. The Hall–Kier alpha value is -2.45. The molecule has 0 unspecified atom stereocenters. The van der Waals surface area contributed by atoms with Crippen molar-refractivity contribution in [3.05, 3.63) is 42.5 Å². The number of nitrogens with one attached hydrogen (secondary N) is 1. The summed E-state index contributed by atoms with van der Waals surface area (Å²) in [6.45, 7) is 2.60. The molecule has 1 saturated heterocycles. The van der Waals surface area contributed by atoms with Crippen LogP contribution >= 0.6 is 0 Å². The second-order valence-electron chi connectivity index (χ2n) is 9.04. The molecule has 2 aromatic carbocycles. The van der Waals surface area contributed by atoms with E-state index < -0.39 is 15.6 Å². The minimum atomic E-state index is -3.64. The number of nitrogens with zero attached hydrogens (tertiary/aromatic N) is 1. The molecule has 178 valence electrons. The van der Waals surface area contributed by atoms with Crippen molar-refractivity contribution in [3.8, 4) is 0 Å². The predicted octanol–water partition coefficient (Wildman–Crippen LogP) is 3.62. The van der Waals surface area contributed by atoms with E-state index in [-0.39, 0.29) is 42.4 Å². The van der Waals surface area contributed by atoms with Crippen LogP contribution in [0.5, 0.6) is 0 Å². The zero-order valence-electron chi connectivity index (χ0n) is 19.1. The van der Waals surface area contributed by atoms with Gasteiger partial charge in [-0.15, -0.1) is 0 Å². The number of rotatable bonds is 6. The van der Waals surface area contributed by atoms with Crippen LogP contribution < -0.4 is 5.32 Å². The van der Waals surface area contributed by atoms with Gasteiger partial charge < -0.3 is 10.1 Å². The van der Waals surface area contributed by atoms with E-state index in [0.29, 0.717) is 25.7 Å². The summed E-state index contributed by atoms with van der Waals surface area (Å²) in [5.41, 5.74) is -0.945. The maximum Gasteiger partial charge on any atom is 0.331 e. The molecule has 33 heavy (non-hydrogen) atoms. The highest BCUT2D eigenvalue weighted by Gasteiger charge is 2.44. The standard InChI is InChI=1S/C25H32N2O5S/c1-2-32-24(29)25(14-6-3-7-15-25)26-23(28)20-12-16-27(17-13-20)33(30,31)22-11-10-19-8-4-5-9-21(19)18-22/h4-5,8-11,18,20H,2-3,6-7,12-17H2,1H3,(H,26,28). The number of carbonyl (C=O) groups is 2. The number of ether oxygens (including phenoxy) is 1. The van der Waals surface area contributed by atoms with Gasteiger partial charge in [-0.1, -0.05) is 49.6 Å². The minimum Gasteiger partial charge on any atom is -0.464 e. The topological polar surface area (TPSA) is 92.8 Å². The first-order chi connectivity index (χ1) is 15.9. The Morgan fingerprint density at radius 1 is 1.03 bits per heavy atom. The average molecular weight is 473 g/mol. The molecule has 1 aliphatic carbocycles. The number of piperidine rings is 1. The van der Waals surface area contributed by atoms with Crippen molar-refractivity contribution in [3.63, 3.8) is 0 Å². The van der Waals surface area contributed by atoms with Crippen molar-refractivity contribution in [2.45, 2.75) is 62.3 Å². The van der Waals surface area contributed by atoms with Crippen LogP contribution in [0.1, 0.15) is 51.9 Å². The number of hydrogen-bond acceptors (Lipinski definition) is 5. The number of benzene rings is 2. The first kappa shape index (κ1) is 23.7. The third kappa shape index (κ3) is 4.92. The van der Waals surface area contributed by atoms with Crippen molar-refractivity contribution in [1.29, 1.82) is 0 Å². The van der Waals surface area contributed by atoms with Gasteiger partial charge in [0.25, 0.3) is 0 Å². The van der Waals surface area contributed by atoms with E-state index >= 15 is 0 Å². The number of sulfonamides is 1. The van der Waals surface area contributed by atoms with Crippen LogP contribution in [-0.2, 0) is 24.3 Å². The molecule has 1 heterocycles. The van der Waals surface area contributed by atoms with E-state index in [2.05, 4.69) is 5.32 Å². The van der Waals surface area contributed by atoms with E-state index in [1.165, 1.54) is 4.31 Å². The van der Waals surface area contributed by atoms with Gasteiger partial charge in [0.1, 0.15) is 5.54 Å². The Kier molecular flexibility index (Phi) is 7.05. The summed E-state index contributed by atoms with van der Waals surface area (Å²) in [5, 5.41) is 4.88. The summed E-state index contributed by atoms with van der Waals surface area (Å²) in [4.78, 5) is 26.0. The monoisotopic (exact) mass is 472 g/mol. The largest absolute Gasteiger partial charge is 0.464 e. The summed E-state index contributed by atoms with van der Waals surface area (Å²) in [7, 11) is -3.64. The molecular weight excluding hydrogens is 440 g/mol.